The van der Waals surface area contributed by atoms with Gasteiger partial charge < -0.3 is 10.2 Å². The molecule has 2 rings (SSSR count). The minimum Gasteiger partial charge on any atom is -0.487 e. The molecule has 0 atom stereocenters. The van der Waals surface area contributed by atoms with Crippen LogP contribution in [-0.2, 0) is 6.61 Å². The molecule has 88 valence electrons. The third-order valence-corrected chi connectivity index (χ3v) is 2.31. The summed E-state index contributed by atoms with van der Waals surface area (Å²) in [6.07, 6.45) is 3.14. The Morgan fingerprint density at radius 1 is 1.18 bits per heavy atom. The molecule has 1 aromatic heterocycles. The fourth-order valence-corrected chi connectivity index (χ4v) is 1.32. The van der Waals surface area contributed by atoms with E-state index in [-0.39, 0.29) is 0 Å². The van der Waals surface area contributed by atoms with Gasteiger partial charge in [-0.3, -0.25) is 4.98 Å². The lowest BCUT2D eigenvalue weighted by atomic mass is 10.3. The molecule has 0 radical (unpaired) electrons. The SMILES string of the molecule is NNc1cnc(COc2ccc(Cl)cc2)cn1. The molecule has 0 spiro atoms. The van der Waals surface area contributed by atoms with Gasteiger partial charge in [-0.1, -0.05) is 11.6 Å². The molecule has 0 bridgehead atoms. The van der Waals surface area contributed by atoms with Crippen molar-refractivity contribution in [2.75, 3.05) is 5.43 Å². The Kier molecular flexibility index (Phi) is 3.74. The fraction of sp³-hybridized carbons (Fsp3) is 0.0909. The summed E-state index contributed by atoms with van der Waals surface area (Å²) in [4.78, 5) is 8.15. The van der Waals surface area contributed by atoms with Crippen molar-refractivity contribution in [3.05, 3.63) is 47.4 Å². The van der Waals surface area contributed by atoms with Crippen LogP contribution in [0.25, 0.3) is 0 Å². The Labute approximate surface area is 104 Å². The average Bonchev–Trinajstić information content (AvgIpc) is 2.39. The molecule has 0 saturated heterocycles. The predicted molar refractivity (Wildman–Crippen MR) is 65.6 cm³/mol. The molecule has 5 nitrogen and oxygen atoms in total. The van der Waals surface area contributed by atoms with Gasteiger partial charge in [0, 0.05) is 5.02 Å². The molecule has 0 amide bonds. The number of ether oxygens (including phenoxy) is 1. The Hall–Kier alpha value is -1.85. The summed E-state index contributed by atoms with van der Waals surface area (Å²) in [6.45, 7) is 0.347. The van der Waals surface area contributed by atoms with Gasteiger partial charge in [0.2, 0.25) is 0 Å². The van der Waals surface area contributed by atoms with E-state index in [4.69, 9.17) is 22.2 Å². The average molecular weight is 251 g/mol. The van der Waals surface area contributed by atoms with Crippen molar-refractivity contribution in [3.63, 3.8) is 0 Å². The van der Waals surface area contributed by atoms with E-state index in [1.54, 1.807) is 36.7 Å². The highest BCUT2D eigenvalue weighted by atomic mass is 35.5. The molecular weight excluding hydrogens is 240 g/mol. The van der Waals surface area contributed by atoms with Crippen LogP contribution in [0.3, 0.4) is 0 Å². The number of hydrogen-bond donors (Lipinski definition) is 2. The molecule has 0 fully saturated rings. The maximum absolute atomic E-state index is 5.77. The van der Waals surface area contributed by atoms with Crippen molar-refractivity contribution in [2.24, 2.45) is 5.84 Å². The first kappa shape index (κ1) is 11.6. The highest BCUT2D eigenvalue weighted by Gasteiger charge is 1.98. The largest absolute Gasteiger partial charge is 0.487 e. The summed E-state index contributed by atoms with van der Waals surface area (Å²) in [6, 6.07) is 7.13. The maximum atomic E-state index is 5.77. The molecule has 0 saturated carbocycles. The maximum Gasteiger partial charge on any atom is 0.158 e. The van der Waals surface area contributed by atoms with Crippen LogP contribution in [0.5, 0.6) is 5.75 Å². The van der Waals surface area contributed by atoms with Gasteiger partial charge in [-0.05, 0) is 24.3 Å². The number of benzene rings is 1. The number of hydrogen-bond acceptors (Lipinski definition) is 5. The van der Waals surface area contributed by atoms with Gasteiger partial charge in [-0.15, -0.1) is 0 Å². The number of nitrogens with two attached hydrogens (primary N) is 1. The van der Waals surface area contributed by atoms with Crippen LogP contribution in [0, 0.1) is 0 Å². The van der Waals surface area contributed by atoms with Gasteiger partial charge >= 0.3 is 0 Å². The second-order valence-electron chi connectivity index (χ2n) is 3.28. The summed E-state index contributed by atoms with van der Waals surface area (Å²) < 4.78 is 5.51. The number of nitrogen functional groups attached to an aromatic ring is 1. The highest BCUT2D eigenvalue weighted by molar-refractivity contribution is 6.30. The number of anilines is 1. The summed E-state index contributed by atoms with van der Waals surface area (Å²) in [5.41, 5.74) is 3.13. The molecule has 3 N–H and O–H groups in total. The van der Waals surface area contributed by atoms with E-state index in [1.165, 1.54) is 0 Å². The van der Waals surface area contributed by atoms with E-state index in [0.717, 1.165) is 11.4 Å². The minimum absolute atomic E-state index is 0.347. The number of nitrogens with zero attached hydrogens (tertiary/aromatic N) is 2. The second-order valence-corrected chi connectivity index (χ2v) is 3.72. The molecular formula is C11H11ClN4O. The Morgan fingerprint density at radius 3 is 2.53 bits per heavy atom. The monoisotopic (exact) mass is 250 g/mol. The van der Waals surface area contributed by atoms with Gasteiger partial charge in [-0.2, -0.15) is 0 Å². The molecule has 0 aliphatic carbocycles. The normalized spacial score (nSPS) is 10.0. The Bertz CT molecular complexity index is 472. The quantitative estimate of drug-likeness (QED) is 0.641. The van der Waals surface area contributed by atoms with Crippen LogP contribution in [0.4, 0.5) is 5.82 Å². The lowest BCUT2D eigenvalue weighted by Gasteiger charge is -2.05. The third-order valence-electron chi connectivity index (χ3n) is 2.05. The first-order chi connectivity index (χ1) is 8.28. The molecule has 0 aliphatic rings. The summed E-state index contributed by atoms with van der Waals surface area (Å²) in [7, 11) is 0. The van der Waals surface area contributed by atoms with E-state index in [2.05, 4.69) is 15.4 Å². The van der Waals surface area contributed by atoms with E-state index in [1.807, 2.05) is 0 Å². The highest BCUT2D eigenvalue weighted by Crippen LogP contribution is 2.16. The van der Waals surface area contributed by atoms with Crippen LogP contribution in [0.15, 0.2) is 36.7 Å². The minimum atomic E-state index is 0.347. The third kappa shape index (κ3) is 3.30. The van der Waals surface area contributed by atoms with Crippen LogP contribution in [-0.4, -0.2) is 9.97 Å². The van der Waals surface area contributed by atoms with Crippen LogP contribution >= 0.6 is 11.6 Å². The van der Waals surface area contributed by atoms with Gasteiger partial charge in [0.15, 0.2) is 5.82 Å². The lowest BCUT2D eigenvalue weighted by Crippen LogP contribution is -2.09. The smallest absolute Gasteiger partial charge is 0.158 e. The second kappa shape index (κ2) is 5.47. The molecule has 17 heavy (non-hydrogen) atoms. The summed E-state index contributed by atoms with van der Waals surface area (Å²) in [5, 5.41) is 0.676. The first-order valence-corrected chi connectivity index (χ1v) is 5.31. The van der Waals surface area contributed by atoms with Crippen molar-refractivity contribution in [2.45, 2.75) is 6.61 Å². The number of hydrazine groups is 1. The van der Waals surface area contributed by atoms with E-state index >= 15 is 0 Å². The van der Waals surface area contributed by atoms with Gasteiger partial charge in [-0.25, -0.2) is 10.8 Å². The Balaban J connectivity index is 1.95. The van der Waals surface area contributed by atoms with Crippen molar-refractivity contribution in [1.82, 2.24) is 9.97 Å². The molecule has 2 aromatic rings. The van der Waals surface area contributed by atoms with Gasteiger partial charge in [0.05, 0.1) is 18.1 Å². The topological polar surface area (TPSA) is 73.1 Å². The standard InChI is InChI=1S/C11H11ClN4O/c12-8-1-3-10(4-2-8)17-7-9-5-15-11(16-13)6-14-9/h1-6H,7,13H2,(H,15,16). The zero-order valence-corrected chi connectivity index (χ0v) is 9.69. The fourth-order valence-electron chi connectivity index (χ4n) is 1.19. The van der Waals surface area contributed by atoms with Crippen molar-refractivity contribution < 1.29 is 4.74 Å². The van der Waals surface area contributed by atoms with E-state index in [9.17, 15) is 0 Å². The van der Waals surface area contributed by atoms with E-state index < -0.39 is 0 Å². The predicted octanol–water partition coefficient (Wildman–Crippen LogP) is 1.99. The number of aromatic nitrogens is 2. The van der Waals surface area contributed by atoms with Crippen molar-refractivity contribution in [1.29, 1.82) is 0 Å². The van der Waals surface area contributed by atoms with Crippen LogP contribution in [0.1, 0.15) is 5.69 Å². The number of halogens is 1. The molecule has 0 aliphatic heterocycles. The lowest BCUT2D eigenvalue weighted by molar-refractivity contribution is 0.301. The summed E-state index contributed by atoms with van der Waals surface area (Å²) >= 11 is 5.77. The van der Waals surface area contributed by atoms with Crippen molar-refractivity contribution >= 4 is 17.4 Å². The van der Waals surface area contributed by atoms with E-state index in [0.29, 0.717) is 17.4 Å². The molecule has 6 heteroatoms. The zero-order valence-electron chi connectivity index (χ0n) is 8.93. The first-order valence-electron chi connectivity index (χ1n) is 4.94. The summed E-state index contributed by atoms with van der Waals surface area (Å²) in [5.74, 6) is 6.43. The van der Waals surface area contributed by atoms with Gasteiger partial charge in [0.1, 0.15) is 12.4 Å². The Morgan fingerprint density at radius 2 is 1.94 bits per heavy atom. The van der Waals surface area contributed by atoms with Crippen LogP contribution < -0.4 is 16.0 Å². The van der Waals surface area contributed by atoms with Gasteiger partial charge in [0.25, 0.3) is 0 Å². The number of rotatable bonds is 4. The molecule has 1 heterocycles. The zero-order chi connectivity index (χ0) is 12.1. The van der Waals surface area contributed by atoms with Crippen molar-refractivity contribution in [3.8, 4) is 5.75 Å². The molecule has 0 unspecified atom stereocenters. The number of nitrogens with one attached hydrogen (secondary N) is 1. The molecule has 1 aromatic carbocycles. The van der Waals surface area contributed by atoms with Crippen LogP contribution in [0.2, 0.25) is 5.02 Å².